The molecule has 0 atom stereocenters. The second-order valence-corrected chi connectivity index (χ2v) is 6.50. The molecule has 146 valence electrons. The third-order valence-corrected chi connectivity index (χ3v) is 4.54. The van der Waals surface area contributed by atoms with Crippen molar-refractivity contribution < 1.29 is 18.5 Å². The van der Waals surface area contributed by atoms with Crippen molar-refractivity contribution in [2.24, 2.45) is 0 Å². The van der Waals surface area contributed by atoms with Gasteiger partial charge in [0.1, 0.15) is 5.69 Å². The van der Waals surface area contributed by atoms with E-state index in [1.165, 1.54) is 0 Å². The molecule has 0 fully saturated rings. The zero-order chi connectivity index (χ0) is 20.3. The summed E-state index contributed by atoms with van der Waals surface area (Å²) >= 11 is 0. The Morgan fingerprint density at radius 2 is 1.77 bits per heavy atom. The molecule has 0 radical (unpaired) electrons. The van der Waals surface area contributed by atoms with Crippen molar-refractivity contribution >= 4 is 16.9 Å². The van der Waals surface area contributed by atoms with Gasteiger partial charge in [-0.25, -0.2) is 9.78 Å². The highest BCUT2D eigenvalue weighted by Crippen LogP contribution is 2.26. The van der Waals surface area contributed by atoms with Crippen LogP contribution in [0.1, 0.15) is 16.2 Å². The molecule has 0 spiro atoms. The maximum absolute atomic E-state index is 12.9. The summed E-state index contributed by atoms with van der Waals surface area (Å²) in [6.45, 7) is -0.134. The molecule has 7 heteroatoms. The van der Waals surface area contributed by atoms with Crippen LogP contribution in [-0.4, -0.2) is 21.1 Å². The number of carbonyl (C=O) groups excluding carboxylic acids is 1. The second-order valence-electron chi connectivity index (χ2n) is 6.50. The summed E-state index contributed by atoms with van der Waals surface area (Å²) < 4.78 is 16.1. The number of benzene rings is 2. The van der Waals surface area contributed by atoms with Gasteiger partial charge in [-0.1, -0.05) is 53.7 Å². The Morgan fingerprint density at radius 3 is 2.60 bits per heavy atom. The number of para-hydroxylation sites is 1. The number of aromatic nitrogens is 3. The lowest BCUT2D eigenvalue weighted by molar-refractivity contribution is 0.0432. The molecule has 0 bridgehead atoms. The van der Waals surface area contributed by atoms with E-state index in [0.717, 1.165) is 5.56 Å². The molecule has 7 nitrogen and oxygen atoms in total. The molecular weight excluding hydrogens is 382 g/mol. The molecule has 0 N–H and O–H groups in total. The molecule has 5 rings (SSSR count). The minimum Gasteiger partial charge on any atom is -0.463 e. The lowest BCUT2D eigenvalue weighted by atomic mass is 10.1. The predicted octanol–water partition coefficient (Wildman–Crippen LogP) is 4.90. The third kappa shape index (κ3) is 3.44. The number of carbonyl (C=O) groups is 1. The van der Waals surface area contributed by atoms with E-state index in [4.69, 9.17) is 13.7 Å². The molecule has 30 heavy (non-hydrogen) atoms. The average molecular weight is 397 g/mol. The second kappa shape index (κ2) is 7.63. The van der Waals surface area contributed by atoms with Gasteiger partial charge in [0.15, 0.2) is 12.4 Å². The Kier molecular flexibility index (Phi) is 4.53. The normalized spacial score (nSPS) is 10.9. The van der Waals surface area contributed by atoms with Gasteiger partial charge in [-0.3, -0.25) is 0 Å². The molecular formula is C23H15N3O4. The summed E-state index contributed by atoms with van der Waals surface area (Å²) in [4.78, 5) is 21.7. The van der Waals surface area contributed by atoms with Crippen LogP contribution in [0, 0.1) is 0 Å². The molecule has 3 heterocycles. The van der Waals surface area contributed by atoms with E-state index in [1.54, 1.807) is 24.5 Å². The van der Waals surface area contributed by atoms with Crippen molar-refractivity contribution in [1.29, 1.82) is 0 Å². The zero-order valence-corrected chi connectivity index (χ0v) is 15.7. The highest BCUT2D eigenvalue weighted by molar-refractivity contribution is 6.04. The van der Waals surface area contributed by atoms with Crippen LogP contribution in [0.3, 0.4) is 0 Å². The fourth-order valence-corrected chi connectivity index (χ4v) is 3.12. The number of furan rings is 1. The summed E-state index contributed by atoms with van der Waals surface area (Å²) in [6, 6.07) is 22.0. The first kappa shape index (κ1) is 17.8. The van der Waals surface area contributed by atoms with Crippen molar-refractivity contribution in [3.05, 3.63) is 90.5 Å². The van der Waals surface area contributed by atoms with Gasteiger partial charge in [0.2, 0.25) is 5.82 Å². The van der Waals surface area contributed by atoms with Crippen LogP contribution in [0.15, 0.2) is 88.0 Å². The standard InChI is InChI=1S/C23H15N3O4/c27-23(29-14-21-25-22(26-30-21)15-7-2-1-3-8-15)17-13-19(20-11-6-12-28-20)24-18-10-5-4-9-16(17)18/h1-13H,14H2. The lowest BCUT2D eigenvalue weighted by Gasteiger charge is -2.08. The molecule has 0 saturated carbocycles. The maximum Gasteiger partial charge on any atom is 0.339 e. The molecule has 0 aliphatic heterocycles. The van der Waals surface area contributed by atoms with Crippen molar-refractivity contribution in [1.82, 2.24) is 15.1 Å². The molecule has 3 aromatic heterocycles. The van der Waals surface area contributed by atoms with E-state index in [-0.39, 0.29) is 12.5 Å². The fraction of sp³-hybridized carbons (Fsp3) is 0.0435. The number of hydrogen-bond donors (Lipinski definition) is 0. The van der Waals surface area contributed by atoms with E-state index in [2.05, 4.69) is 15.1 Å². The highest BCUT2D eigenvalue weighted by Gasteiger charge is 2.18. The molecule has 0 aliphatic carbocycles. The predicted molar refractivity (Wildman–Crippen MR) is 108 cm³/mol. The fourth-order valence-electron chi connectivity index (χ4n) is 3.12. The Hall–Kier alpha value is -4.26. The van der Waals surface area contributed by atoms with Crippen LogP contribution in [0.25, 0.3) is 33.7 Å². The number of hydrogen-bond acceptors (Lipinski definition) is 7. The van der Waals surface area contributed by atoms with Crippen molar-refractivity contribution in [2.45, 2.75) is 6.61 Å². The smallest absolute Gasteiger partial charge is 0.339 e. The highest BCUT2D eigenvalue weighted by atomic mass is 16.6. The Bertz CT molecular complexity index is 1310. The number of pyridine rings is 1. The first-order valence-electron chi connectivity index (χ1n) is 9.27. The van der Waals surface area contributed by atoms with Gasteiger partial charge in [-0.15, -0.1) is 0 Å². The van der Waals surface area contributed by atoms with Crippen LogP contribution in [0.5, 0.6) is 0 Å². The molecule has 0 aliphatic rings. The van der Waals surface area contributed by atoms with Crippen molar-refractivity contribution in [2.75, 3.05) is 0 Å². The van der Waals surface area contributed by atoms with Gasteiger partial charge in [-0.2, -0.15) is 4.98 Å². The molecule has 0 saturated heterocycles. The van der Waals surface area contributed by atoms with E-state index < -0.39 is 5.97 Å². The number of ether oxygens (including phenoxy) is 1. The maximum atomic E-state index is 12.9. The quantitative estimate of drug-likeness (QED) is 0.389. The van der Waals surface area contributed by atoms with Crippen LogP contribution < -0.4 is 0 Å². The van der Waals surface area contributed by atoms with Gasteiger partial charge >= 0.3 is 5.97 Å². The van der Waals surface area contributed by atoms with Crippen LogP contribution in [0.4, 0.5) is 0 Å². The summed E-state index contributed by atoms with van der Waals surface area (Å²) in [5.74, 6) is 0.711. The van der Waals surface area contributed by atoms with Crippen molar-refractivity contribution in [3.63, 3.8) is 0 Å². The van der Waals surface area contributed by atoms with E-state index in [9.17, 15) is 4.79 Å². The summed E-state index contributed by atoms with van der Waals surface area (Å²) in [7, 11) is 0. The Balaban J connectivity index is 1.41. The lowest BCUT2D eigenvalue weighted by Crippen LogP contribution is -2.07. The molecule has 0 amide bonds. The largest absolute Gasteiger partial charge is 0.463 e. The molecule has 2 aromatic carbocycles. The first-order chi connectivity index (χ1) is 14.8. The molecule has 0 unspecified atom stereocenters. The van der Waals surface area contributed by atoms with E-state index >= 15 is 0 Å². The SMILES string of the molecule is O=C(OCc1nc(-c2ccccc2)no1)c1cc(-c2ccco2)nc2ccccc12. The van der Waals surface area contributed by atoms with Gasteiger partial charge < -0.3 is 13.7 Å². The summed E-state index contributed by atoms with van der Waals surface area (Å²) in [5.41, 5.74) is 2.43. The van der Waals surface area contributed by atoms with Crippen LogP contribution in [-0.2, 0) is 11.3 Å². The van der Waals surface area contributed by atoms with Gasteiger partial charge in [-0.05, 0) is 24.3 Å². The number of esters is 1. The van der Waals surface area contributed by atoms with E-state index in [1.807, 2.05) is 54.6 Å². The molecule has 5 aromatic rings. The minimum atomic E-state index is -0.513. The summed E-state index contributed by atoms with van der Waals surface area (Å²) in [5, 5.41) is 4.62. The number of nitrogens with zero attached hydrogens (tertiary/aromatic N) is 3. The first-order valence-corrected chi connectivity index (χ1v) is 9.27. The summed E-state index contributed by atoms with van der Waals surface area (Å²) in [6.07, 6.45) is 1.56. The van der Waals surface area contributed by atoms with Gasteiger partial charge in [0.05, 0.1) is 17.3 Å². The van der Waals surface area contributed by atoms with Crippen LogP contribution in [0.2, 0.25) is 0 Å². The average Bonchev–Trinajstić information content (AvgIpc) is 3.50. The zero-order valence-electron chi connectivity index (χ0n) is 15.7. The van der Waals surface area contributed by atoms with E-state index in [0.29, 0.717) is 33.7 Å². The monoisotopic (exact) mass is 397 g/mol. The van der Waals surface area contributed by atoms with Crippen molar-refractivity contribution in [3.8, 4) is 22.8 Å². The van der Waals surface area contributed by atoms with Crippen LogP contribution >= 0.6 is 0 Å². The third-order valence-electron chi connectivity index (χ3n) is 4.54. The van der Waals surface area contributed by atoms with Gasteiger partial charge in [0.25, 0.3) is 5.89 Å². The Labute approximate surface area is 170 Å². The van der Waals surface area contributed by atoms with Gasteiger partial charge in [0, 0.05) is 10.9 Å². The Morgan fingerprint density at radius 1 is 0.933 bits per heavy atom. The number of fused-ring (bicyclic) bond motifs is 1. The number of rotatable bonds is 5. The topological polar surface area (TPSA) is 91.2 Å². The minimum absolute atomic E-state index is 0.134.